The first-order valence-corrected chi connectivity index (χ1v) is 9.69. The minimum Gasteiger partial charge on any atom is -0.469 e. The SMILES string of the molecule is COC(=O)C1C[C@@H](OCc2ccccc2)[C@H]2O[C@](C)(OC)[C@@](C)(OC)O[C@@H]2C1(F)F. The molecule has 7 nitrogen and oxygen atoms in total. The van der Waals surface area contributed by atoms with Crippen molar-refractivity contribution in [1.29, 1.82) is 0 Å². The summed E-state index contributed by atoms with van der Waals surface area (Å²) in [4.78, 5) is 12.2. The number of rotatable bonds is 6. The Balaban J connectivity index is 1.95. The van der Waals surface area contributed by atoms with E-state index in [0.717, 1.165) is 12.7 Å². The third-order valence-corrected chi connectivity index (χ3v) is 6.09. The van der Waals surface area contributed by atoms with Crippen LogP contribution >= 0.6 is 0 Å². The van der Waals surface area contributed by atoms with Crippen molar-refractivity contribution >= 4 is 5.97 Å². The van der Waals surface area contributed by atoms with Gasteiger partial charge < -0.3 is 28.4 Å². The number of benzene rings is 1. The zero-order valence-electron chi connectivity index (χ0n) is 17.7. The predicted octanol–water partition coefficient (Wildman–Crippen LogP) is 2.91. The van der Waals surface area contributed by atoms with Crippen molar-refractivity contribution in [3.05, 3.63) is 35.9 Å². The number of methoxy groups -OCH3 is 3. The van der Waals surface area contributed by atoms with Crippen molar-refractivity contribution < 1.29 is 42.0 Å². The van der Waals surface area contributed by atoms with Gasteiger partial charge in [-0.05, 0) is 25.8 Å². The van der Waals surface area contributed by atoms with Gasteiger partial charge in [0.2, 0.25) is 11.6 Å². The van der Waals surface area contributed by atoms with Gasteiger partial charge in [0.05, 0.1) is 19.8 Å². The molecule has 1 unspecified atom stereocenters. The summed E-state index contributed by atoms with van der Waals surface area (Å²) in [7, 11) is 3.76. The summed E-state index contributed by atoms with van der Waals surface area (Å²) in [5.41, 5.74) is 0.856. The number of carbonyl (C=O) groups excluding carboxylic acids is 1. The summed E-state index contributed by atoms with van der Waals surface area (Å²) in [6, 6.07) is 9.26. The normalized spacial score (nSPS) is 38.0. The molecule has 168 valence electrons. The van der Waals surface area contributed by atoms with Crippen LogP contribution < -0.4 is 0 Å². The largest absolute Gasteiger partial charge is 0.469 e. The van der Waals surface area contributed by atoms with E-state index in [0.29, 0.717) is 0 Å². The second kappa shape index (κ2) is 8.47. The number of fused-ring (bicyclic) bond motifs is 1. The van der Waals surface area contributed by atoms with Gasteiger partial charge in [0.1, 0.15) is 12.0 Å². The fourth-order valence-electron chi connectivity index (χ4n) is 3.94. The Labute approximate surface area is 174 Å². The Bertz CT molecular complexity index is 746. The van der Waals surface area contributed by atoms with E-state index in [2.05, 4.69) is 4.74 Å². The average Bonchev–Trinajstić information content (AvgIpc) is 2.75. The molecule has 1 saturated heterocycles. The van der Waals surface area contributed by atoms with Gasteiger partial charge in [-0.15, -0.1) is 0 Å². The second-order valence-electron chi connectivity index (χ2n) is 7.74. The molecule has 3 rings (SSSR count). The molecule has 1 aromatic carbocycles. The van der Waals surface area contributed by atoms with Gasteiger partial charge in [-0.3, -0.25) is 4.79 Å². The first kappa shape index (κ1) is 23.0. The van der Waals surface area contributed by atoms with E-state index in [-0.39, 0.29) is 13.0 Å². The Morgan fingerprint density at radius 1 is 1.07 bits per heavy atom. The zero-order valence-corrected chi connectivity index (χ0v) is 17.7. The van der Waals surface area contributed by atoms with E-state index >= 15 is 8.78 Å². The Kier molecular flexibility index (Phi) is 6.50. The number of hydrogen-bond donors (Lipinski definition) is 0. The lowest BCUT2D eigenvalue weighted by atomic mass is 9.78. The quantitative estimate of drug-likeness (QED) is 0.643. The molecular formula is C21H28F2O7. The first-order valence-electron chi connectivity index (χ1n) is 9.69. The van der Waals surface area contributed by atoms with Crippen LogP contribution in [0.5, 0.6) is 0 Å². The minimum absolute atomic E-state index is 0.156. The van der Waals surface area contributed by atoms with Crippen LogP contribution in [0.1, 0.15) is 25.8 Å². The molecule has 2 fully saturated rings. The summed E-state index contributed by atoms with van der Waals surface area (Å²) in [5.74, 6) is -9.48. The molecule has 0 N–H and O–H groups in total. The molecule has 1 aromatic rings. The summed E-state index contributed by atoms with van der Waals surface area (Å²) < 4.78 is 63.8. The predicted molar refractivity (Wildman–Crippen MR) is 101 cm³/mol. The maximum Gasteiger partial charge on any atom is 0.315 e. The van der Waals surface area contributed by atoms with Crippen molar-refractivity contribution in [1.82, 2.24) is 0 Å². The zero-order chi connectivity index (χ0) is 22.2. The van der Waals surface area contributed by atoms with Crippen LogP contribution in [-0.4, -0.2) is 63.1 Å². The monoisotopic (exact) mass is 430 g/mol. The Morgan fingerprint density at radius 3 is 2.23 bits per heavy atom. The van der Waals surface area contributed by atoms with Crippen LogP contribution in [0, 0.1) is 5.92 Å². The maximum absolute atomic E-state index is 15.4. The van der Waals surface area contributed by atoms with Crippen LogP contribution in [0.25, 0.3) is 0 Å². The summed E-state index contributed by atoms with van der Waals surface area (Å²) in [6.07, 6.45) is -4.16. The highest BCUT2D eigenvalue weighted by molar-refractivity contribution is 5.74. The lowest BCUT2D eigenvalue weighted by Gasteiger charge is -2.57. The maximum atomic E-state index is 15.4. The van der Waals surface area contributed by atoms with Crippen LogP contribution in [0.4, 0.5) is 8.78 Å². The van der Waals surface area contributed by atoms with E-state index in [4.69, 9.17) is 23.7 Å². The number of halogens is 2. The molecular weight excluding hydrogens is 402 g/mol. The van der Waals surface area contributed by atoms with Crippen molar-refractivity contribution in [2.24, 2.45) is 5.92 Å². The van der Waals surface area contributed by atoms with Gasteiger partial charge in [0.25, 0.3) is 5.92 Å². The van der Waals surface area contributed by atoms with Crippen LogP contribution in [0.15, 0.2) is 30.3 Å². The standard InChI is InChI=1S/C21H28F2O7/c1-19(26-4)20(2,27-5)30-17-16(29-19)15(28-12-13-9-7-6-8-10-13)11-14(18(24)25-3)21(17,22)23/h6-10,14-17H,11-12H2,1-5H3/t14?,15-,16-,17+,19+,20+/m1/s1. The number of ether oxygens (including phenoxy) is 6. The van der Waals surface area contributed by atoms with E-state index in [1.165, 1.54) is 21.1 Å². The van der Waals surface area contributed by atoms with E-state index in [1.807, 2.05) is 30.3 Å². The van der Waals surface area contributed by atoms with E-state index in [9.17, 15) is 4.79 Å². The van der Waals surface area contributed by atoms with Crippen LogP contribution in [0.2, 0.25) is 0 Å². The smallest absolute Gasteiger partial charge is 0.315 e. The molecule has 0 aromatic heterocycles. The van der Waals surface area contributed by atoms with E-state index in [1.54, 1.807) is 6.92 Å². The molecule has 9 heteroatoms. The highest BCUT2D eigenvalue weighted by Crippen LogP contribution is 2.51. The summed E-state index contributed by atoms with van der Waals surface area (Å²) in [5, 5.41) is 0. The minimum atomic E-state index is -3.57. The molecule has 0 bridgehead atoms. The van der Waals surface area contributed by atoms with Crippen molar-refractivity contribution in [2.45, 2.75) is 62.7 Å². The second-order valence-corrected chi connectivity index (χ2v) is 7.74. The molecule has 30 heavy (non-hydrogen) atoms. The van der Waals surface area contributed by atoms with Crippen LogP contribution in [-0.2, 0) is 39.8 Å². The number of carbonyl (C=O) groups is 1. The molecule has 6 atom stereocenters. The van der Waals surface area contributed by atoms with Crippen molar-refractivity contribution in [3.63, 3.8) is 0 Å². The molecule has 0 spiro atoms. The summed E-state index contributed by atoms with van der Waals surface area (Å²) >= 11 is 0. The first-order chi connectivity index (χ1) is 14.1. The molecule has 2 aliphatic rings. The van der Waals surface area contributed by atoms with Crippen molar-refractivity contribution in [2.75, 3.05) is 21.3 Å². The highest BCUT2D eigenvalue weighted by Gasteiger charge is 2.69. The van der Waals surface area contributed by atoms with Gasteiger partial charge in [-0.25, -0.2) is 8.78 Å². The fraction of sp³-hybridized carbons (Fsp3) is 0.667. The van der Waals surface area contributed by atoms with Crippen molar-refractivity contribution in [3.8, 4) is 0 Å². The van der Waals surface area contributed by atoms with Gasteiger partial charge >= 0.3 is 5.97 Å². The van der Waals surface area contributed by atoms with Crippen LogP contribution in [0.3, 0.4) is 0 Å². The molecule has 0 radical (unpaired) electrons. The lowest BCUT2D eigenvalue weighted by Crippen LogP contribution is -2.73. The summed E-state index contributed by atoms with van der Waals surface area (Å²) in [6.45, 7) is 3.15. The topological polar surface area (TPSA) is 72.5 Å². The average molecular weight is 430 g/mol. The number of alkyl halides is 2. The third-order valence-electron chi connectivity index (χ3n) is 6.09. The lowest BCUT2D eigenvalue weighted by molar-refractivity contribution is -0.477. The molecule has 1 saturated carbocycles. The van der Waals surface area contributed by atoms with Gasteiger partial charge in [-0.2, -0.15) is 0 Å². The Morgan fingerprint density at radius 2 is 1.67 bits per heavy atom. The third kappa shape index (κ3) is 3.85. The van der Waals surface area contributed by atoms with E-state index < -0.39 is 47.7 Å². The molecule has 1 aliphatic heterocycles. The fourth-order valence-corrected chi connectivity index (χ4v) is 3.94. The van der Waals surface area contributed by atoms with Gasteiger partial charge in [-0.1, -0.05) is 30.3 Å². The molecule has 0 amide bonds. The highest BCUT2D eigenvalue weighted by atomic mass is 19.3. The number of esters is 1. The van der Waals surface area contributed by atoms with Gasteiger partial charge in [0.15, 0.2) is 6.10 Å². The Hall–Kier alpha value is -1.65. The molecule has 1 heterocycles. The molecule has 1 aliphatic carbocycles. The number of hydrogen-bond acceptors (Lipinski definition) is 7. The van der Waals surface area contributed by atoms with Gasteiger partial charge in [0, 0.05) is 14.2 Å².